The molecule has 21 heavy (non-hydrogen) atoms. The Morgan fingerprint density at radius 3 is 2.57 bits per heavy atom. The molecule has 5 heteroatoms. The van der Waals surface area contributed by atoms with E-state index in [9.17, 15) is 9.59 Å². The van der Waals surface area contributed by atoms with E-state index in [1.807, 2.05) is 19.9 Å². The van der Waals surface area contributed by atoms with Gasteiger partial charge in [-0.15, -0.1) is 0 Å². The molecule has 1 atom stereocenters. The highest BCUT2D eigenvalue weighted by Crippen LogP contribution is 2.10. The Hall–Kier alpha value is -1.88. The van der Waals surface area contributed by atoms with E-state index in [-0.39, 0.29) is 11.8 Å². The number of carbonyl (C=O) groups is 2. The molecule has 0 aromatic heterocycles. The lowest BCUT2D eigenvalue weighted by Gasteiger charge is -2.22. The average Bonchev–Trinajstić information content (AvgIpc) is 2.45. The van der Waals surface area contributed by atoms with E-state index in [0.717, 1.165) is 12.0 Å². The van der Waals surface area contributed by atoms with Crippen LogP contribution in [0.25, 0.3) is 0 Å². The van der Waals surface area contributed by atoms with Gasteiger partial charge in [-0.3, -0.25) is 9.59 Å². The van der Waals surface area contributed by atoms with E-state index in [1.54, 1.807) is 25.1 Å². The highest BCUT2D eigenvalue weighted by Gasteiger charge is 2.26. The maximum atomic E-state index is 12.0. The standard InChI is InChI=1S/C16H25N3O2/c1-4-9-16(3,17)15(21)19-11-12-7-6-8-13(10-12)14(20)18-5-2/h6-8,10H,4-5,9,11,17H2,1-3H3,(H,18,20)(H,19,21). The maximum Gasteiger partial charge on any atom is 0.251 e. The van der Waals surface area contributed by atoms with Crippen molar-refractivity contribution in [2.45, 2.75) is 45.7 Å². The molecule has 2 amide bonds. The molecule has 0 spiro atoms. The highest BCUT2D eigenvalue weighted by atomic mass is 16.2. The fourth-order valence-electron chi connectivity index (χ4n) is 2.10. The van der Waals surface area contributed by atoms with E-state index in [0.29, 0.717) is 25.1 Å². The van der Waals surface area contributed by atoms with Crippen molar-refractivity contribution in [1.82, 2.24) is 10.6 Å². The van der Waals surface area contributed by atoms with Crippen LogP contribution in [0.4, 0.5) is 0 Å². The fourth-order valence-corrected chi connectivity index (χ4v) is 2.10. The predicted octanol–water partition coefficient (Wildman–Crippen LogP) is 1.57. The second-order valence-electron chi connectivity index (χ2n) is 5.41. The molecule has 1 rings (SSSR count). The van der Waals surface area contributed by atoms with Crippen molar-refractivity contribution in [2.75, 3.05) is 6.54 Å². The number of rotatable bonds is 7. The van der Waals surface area contributed by atoms with Crippen molar-refractivity contribution in [3.05, 3.63) is 35.4 Å². The van der Waals surface area contributed by atoms with Crippen molar-refractivity contribution in [3.63, 3.8) is 0 Å². The lowest BCUT2D eigenvalue weighted by molar-refractivity contribution is -0.126. The fraction of sp³-hybridized carbons (Fsp3) is 0.500. The summed E-state index contributed by atoms with van der Waals surface area (Å²) in [5, 5.41) is 5.58. The molecule has 5 nitrogen and oxygen atoms in total. The zero-order valence-electron chi connectivity index (χ0n) is 13.0. The summed E-state index contributed by atoms with van der Waals surface area (Å²) in [6.45, 7) is 6.55. The summed E-state index contributed by atoms with van der Waals surface area (Å²) in [7, 11) is 0. The molecule has 0 radical (unpaired) electrons. The monoisotopic (exact) mass is 291 g/mol. The van der Waals surface area contributed by atoms with Gasteiger partial charge >= 0.3 is 0 Å². The van der Waals surface area contributed by atoms with Gasteiger partial charge in [-0.25, -0.2) is 0 Å². The van der Waals surface area contributed by atoms with Crippen molar-refractivity contribution in [2.24, 2.45) is 5.73 Å². The molecule has 0 saturated heterocycles. The lowest BCUT2D eigenvalue weighted by Crippen LogP contribution is -2.51. The van der Waals surface area contributed by atoms with E-state index < -0.39 is 5.54 Å². The Balaban J connectivity index is 2.66. The van der Waals surface area contributed by atoms with Gasteiger partial charge in [0.2, 0.25) is 5.91 Å². The minimum absolute atomic E-state index is 0.111. The summed E-state index contributed by atoms with van der Waals surface area (Å²) in [6, 6.07) is 7.20. The molecular weight excluding hydrogens is 266 g/mol. The SMILES string of the molecule is CCCC(C)(N)C(=O)NCc1cccc(C(=O)NCC)c1. The van der Waals surface area contributed by atoms with Crippen LogP contribution in [0, 0.1) is 0 Å². The Kier molecular flexibility index (Phi) is 6.37. The quantitative estimate of drug-likeness (QED) is 0.713. The van der Waals surface area contributed by atoms with Crippen molar-refractivity contribution in [3.8, 4) is 0 Å². The summed E-state index contributed by atoms with van der Waals surface area (Å²) < 4.78 is 0. The first-order valence-corrected chi connectivity index (χ1v) is 7.35. The molecule has 1 aromatic carbocycles. The topological polar surface area (TPSA) is 84.2 Å². The molecule has 0 heterocycles. The van der Waals surface area contributed by atoms with Gasteiger partial charge in [0.05, 0.1) is 5.54 Å². The summed E-state index contributed by atoms with van der Waals surface area (Å²) in [5.41, 5.74) is 6.59. The van der Waals surface area contributed by atoms with Crippen LogP contribution in [0.2, 0.25) is 0 Å². The Bertz CT molecular complexity index is 498. The molecule has 0 aliphatic rings. The molecule has 0 aliphatic carbocycles. The van der Waals surface area contributed by atoms with Crippen LogP contribution >= 0.6 is 0 Å². The van der Waals surface area contributed by atoms with Crippen molar-refractivity contribution < 1.29 is 9.59 Å². The Labute approximate surface area is 126 Å². The third-order valence-corrected chi connectivity index (χ3v) is 3.27. The predicted molar refractivity (Wildman–Crippen MR) is 83.8 cm³/mol. The zero-order chi connectivity index (χ0) is 15.9. The van der Waals surface area contributed by atoms with Gasteiger partial charge < -0.3 is 16.4 Å². The molecule has 1 unspecified atom stereocenters. The maximum absolute atomic E-state index is 12.0. The summed E-state index contributed by atoms with van der Waals surface area (Å²) >= 11 is 0. The summed E-state index contributed by atoms with van der Waals surface area (Å²) in [6.07, 6.45) is 1.49. The normalized spacial score (nSPS) is 13.3. The molecule has 116 valence electrons. The van der Waals surface area contributed by atoms with Crippen molar-refractivity contribution >= 4 is 11.8 Å². The van der Waals surface area contributed by atoms with E-state index >= 15 is 0 Å². The first kappa shape index (κ1) is 17.2. The number of nitrogens with one attached hydrogen (secondary N) is 2. The van der Waals surface area contributed by atoms with E-state index in [1.165, 1.54) is 0 Å². The number of benzene rings is 1. The van der Waals surface area contributed by atoms with Gasteiger partial charge in [0, 0.05) is 18.7 Å². The van der Waals surface area contributed by atoms with Crippen molar-refractivity contribution in [1.29, 1.82) is 0 Å². The molecular formula is C16H25N3O2. The van der Waals surface area contributed by atoms with Gasteiger partial charge in [-0.05, 0) is 38.0 Å². The van der Waals surface area contributed by atoms with Crippen LogP contribution in [-0.2, 0) is 11.3 Å². The Morgan fingerprint density at radius 2 is 1.95 bits per heavy atom. The summed E-state index contributed by atoms with van der Waals surface area (Å²) in [4.78, 5) is 23.8. The molecule has 0 bridgehead atoms. The van der Waals surface area contributed by atoms with Crippen LogP contribution in [0.5, 0.6) is 0 Å². The number of nitrogens with two attached hydrogens (primary N) is 1. The molecule has 0 saturated carbocycles. The van der Waals surface area contributed by atoms with Gasteiger partial charge in [0.15, 0.2) is 0 Å². The second-order valence-corrected chi connectivity index (χ2v) is 5.41. The average molecular weight is 291 g/mol. The van der Waals surface area contributed by atoms with Crippen LogP contribution in [0.3, 0.4) is 0 Å². The van der Waals surface area contributed by atoms with Gasteiger partial charge in [-0.1, -0.05) is 25.5 Å². The first-order chi connectivity index (χ1) is 9.90. The highest BCUT2D eigenvalue weighted by molar-refractivity contribution is 5.94. The summed E-state index contributed by atoms with van der Waals surface area (Å²) in [5.74, 6) is -0.284. The number of carbonyl (C=O) groups excluding carboxylic acids is 2. The molecule has 0 fully saturated rings. The van der Waals surface area contributed by atoms with Gasteiger partial charge in [-0.2, -0.15) is 0 Å². The second kappa shape index (κ2) is 7.78. The largest absolute Gasteiger partial charge is 0.352 e. The minimum atomic E-state index is -0.855. The molecule has 0 aliphatic heterocycles. The number of amides is 2. The minimum Gasteiger partial charge on any atom is -0.352 e. The molecule has 4 N–H and O–H groups in total. The van der Waals surface area contributed by atoms with Crippen LogP contribution in [0.15, 0.2) is 24.3 Å². The number of hydrogen-bond donors (Lipinski definition) is 3. The molecule has 1 aromatic rings. The van der Waals surface area contributed by atoms with E-state index in [2.05, 4.69) is 10.6 Å². The smallest absolute Gasteiger partial charge is 0.251 e. The van der Waals surface area contributed by atoms with E-state index in [4.69, 9.17) is 5.73 Å². The van der Waals surface area contributed by atoms with Gasteiger partial charge in [0.25, 0.3) is 5.91 Å². The third kappa shape index (κ3) is 5.19. The van der Waals surface area contributed by atoms with Crippen LogP contribution in [0.1, 0.15) is 49.5 Å². The Morgan fingerprint density at radius 1 is 1.24 bits per heavy atom. The lowest BCUT2D eigenvalue weighted by atomic mass is 9.96. The first-order valence-electron chi connectivity index (χ1n) is 7.35. The van der Waals surface area contributed by atoms with Gasteiger partial charge in [0.1, 0.15) is 0 Å². The zero-order valence-corrected chi connectivity index (χ0v) is 13.0. The van der Waals surface area contributed by atoms with Crippen LogP contribution in [-0.4, -0.2) is 23.9 Å². The third-order valence-electron chi connectivity index (χ3n) is 3.27. The number of hydrogen-bond acceptors (Lipinski definition) is 3. The van der Waals surface area contributed by atoms with Crippen LogP contribution < -0.4 is 16.4 Å².